The van der Waals surface area contributed by atoms with Gasteiger partial charge in [-0.05, 0) is 13.3 Å². The number of rotatable bonds is 10. The molecule has 0 spiro atoms. The molecule has 0 aliphatic heterocycles. The predicted molar refractivity (Wildman–Crippen MR) is 68.8 cm³/mol. The fourth-order valence-electron chi connectivity index (χ4n) is 1.41. The lowest BCUT2D eigenvalue weighted by atomic mass is 10.1. The van der Waals surface area contributed by atoms with Crippen LogP contribution in [0.2, 0.25) is 0 Å². The van der Waals surface area contributed by atoms with Crippen molar-refractivity contribution in [2.24, 2.45) is 0 Å². The molecule has 0 bridgehead atoms. The molecule has 0 amide bonds. The van der Waals surface area contributed by atoms with Crippen molar-refractivity contribution in [1.82, 2.24) is 0 Å². The molecule has 1 unspecified atom stereocenters. The molecule has 0 aliphatic carbocycles. The molecule has 0 aromatic rings. The van der Waals surface area contributed by atoms with Crippen LogP contribution in [-0.2, 0) is 9.09 Å². The van der Waals surface area contributed by atoms with E-state index in [1.165, 1.54) is 19.3 Å². The highest BCUT2D eigenvalue weighted by Crippen LogP contribution is 2.42. The monoisotopic (exact) mass is 248 g/mol. The Morgan fingerprint density at radius 1 is 1.19 bits per heavy atom. The van der Waals surface area contributed by atoms with Crippen LogP contribution in [0.5, 0.6) is 0 Å². The van der Waals surface area contributed by atoms with Gasteiger partial charge in [-0.3, -0.25) is 4.57 Å². The van der Waals surface area contributed by atoms with Crippen molar-refractivity contribution >= 4 is 7.60 Å². The molecular weight excluding hydrogens is 223 g/mol. The normalized spacial score (nSPS) is 15.4. The second-order valence-electron chi connectivity index (χ2n) is 3.99. The van der Waals surface area contributed by atoms with Gasteiger partial charge in [-0.25, -0.2) is 0 Å². The minimum absolute atomic E-state index is 0.236. The molecule has 0 saturated carbocycles. The molecular formula is C12H25O3P. The molecule has 0 aromatic heterocycles. The smallest absolute Gasteiger partial charge is 0.324 e. The van der Waals surface area contributed by atoms with Crippen molar-refractivity contribution in [2.45, 2.75) is 52.4 Å². The number of hydrogen-bond acceptors (Lipinski definition) is 2. The first-order chi connectivity index (χ1) is 7.62. The molecule has 0 fully saturated rings. The Labute approximate surface area is 99.4 Å². The first kappa shape index (κ1) is 15.9. The van der Waals surface area contributed by atoms with Gasteiger partial charge >= 0.3 is 7.60 Å². The fraction of sp³-hybridized carbons (Fsp3) is 0.833. The molecule has 96 valence electrons. The molecule has 0 saturated heterocycles. The van der Waals surface area contributed by atoms with Gasteiger partial charge in [0.05, 0.1) is 6.61 Å². The van der Waals surface area contributed by atoms with E-state index in [0.29, 0.717) is 0 Å². The standard InChI is InChI=1S/C12H25O3P/c1-3-5-7-8-9-10-12-16(13,14)15-11-6-4-2/h4,6H,3,5,7-12H2,1-2H3,(H,13,14). The summed E-state index contributed by atoms with van der Waals surface area (Å²) in [6.07, 6.45) is 10.5. The third-order valence-corrected chi connectivity index (χ3v) is 3.84. The molecule has 0 aromatic carbocycles. The lowest BCUT2D eigenvalue weighted by Gasteiger charge is -2.10. The van der Waals surface area contributed by atoms with Crippen LogP contribution in [0.1, 0.15) is 52.4 Å². The van der Waals surface area contributed by atoms with Crippen molar-refractivity contribution in [3.05, 3.63) is 12.2 Å². The molecule has 4 heteroatoms. The lowest BCUT2D eigenvalue weighted by Crippen LogP contribution is -1.95. The van der Waals surface area contributed by atoms with Crippen molar-refractivity contribution in [2.75, 3.05) is 12.8 Å². The zero-order chi connectivity index (χ0) is 12.3. The summed E-state index contributed by atoms with van der Waals surface area (Å²) >= 11 is 0. The average Bonchev–Trinajstić information content (AvgIpc) is 2.23. The van der Waals surface area contributed by atoms with Crippen LogP contribution in [0.15, 0.2) is 12.2 Å². The van der Waals surface area contributed by atoms with E-state index in [1.807, 2.05) is 13.0 Å². The first-order valence-corrected chi connectivity index (χ1v) is 7.96. The molecule has 1 N–H and O–H groups in total. The molecule has 0 heterocycles. The summed E-state index contributed by atoms with van der Waals surface area (Å²) in [5.74, 6) is 0. The quantitative estimate of drug-likeness (QED) is 0.359. The van der Waals surface area contributed by atoms with Crippen molar-refractivity contribution < 1.29 is 14.0 Å². The Morgan fingerprint density at radius 3 is 2.44 bits per heavy atom. The maximum atomic E-state index is 11.5. The molecule has 0 aliphatic rings. The number of hydrogen-bond donors (Lipinski definition) is 1. The average molecular weight is 248 g/mol. The Morgan fingerprint density at radius 2 is 1.81 bits per heavy atom. The van der Waals surface area contributed by atoms with Gasteiger partial charge < -0.3 is 9.42 Å². The highest BCUT2D eigenvalue weighted by Gasteiger charge is 2.17. The van der Waals surface area contributed by atoms with E-state index < -0.39 is 7.60 Å². The Hall–Kier alpha value is -0.110. The minimum atomic E-state index is -3.33. The summed E-state index contributed by atoms with van der Waals surface area (Å²) in [4.78, 5) is 9.44. The zero-order valence-corrected chi connectivity index (χ0v) is 11.4. The predicted octanol–water partition coefficient (Wildman–Crippen LogP) is 4.13. The maximum absolute atomic E-state index is 11.5. The second kappa shape index (κ2) is 10.1. The lowest BCUT2D eigenvalue weighted by molar-refractivity contribution is 0.286. The third-order valence-electron chi connectivity index (χ3n) is 2.40. The minimum Gasteiger partial charge on any atom is -0.324 e. The molecule has 0 radical (unpaired) electrons. The summed E-state index contributed by atoms with van der Waals surface area (Å²) in [6.45, 7) is 4.27. The molecule has 16 heavy (non-hydrogen) atoms. The van der Waals surface area contributed by atoms with Gasteiger partial charge in [0.25, 0.3) is 0 Å². The summed E-state index contributed by atoms with van der Waals surface area (Å²) in [5, 5.41) is 0. The van der Waals surface area contributed by atoms with E-state index in [2.05, 4.69) is 6.92 Å². The van der Waals surface area contributed by atoms with Gasteiger partial charge in [0.15, 0.2) is 0 Å². The number of allylic oxidation sites excluding steroid dienone is 1. The van der Waals surface area contributed by atoms with E-state index >= 15 is 0 Å². The van der Waals surface area contributed by atoms with Crippen molar-refractivity contribution in [1.29, 1.82) is 0 Å². The van der Waals surface area contributed by atoms with Gasteiger partial charge in [-0.1, -0.05) is 51.2 Å². The zero-order valence-electron chi connectivity index (χ0n) is 10.5. The van der Waals surface area contributed by atoms with Crippen LogP contribution in [-0.4, -0.2) is 17.7 Å². The highest BCUT2D eigenvalue weighted by atomic mass is 31.2. The fourth-order valence-corrected chi connectivity index (χ4v) is 2.48. The van der Waals surface area contributed by atoms with E-state index in [9.17, 15) is 9.46 Å². The van der Waals surface area contributed by atoms with Crippen LogP contribution >= 0.6 is 7.60 Å². The van der Waals surface area contributed by atoms with Crippen LogP contribution < -0.4 is 0 Å². The van der Waals surface area contributed by atoms with E-state index in [1.54, 1.807) is 6.08 Å². The Bertz CT molecular complexity index is 226. The molecule has 1 atom stereocenters. The maximum Gasteiger partial charge on any atom is 0.328 e. The summed E-state index contributed by atoms with van der Waals surface area (Å²) < 4.78 is 16.4. The van der Waals surface area contributed by atoms with E-state index in [0.717, 1.165) is 19.3 Å². The van der Waals surface area contributed by atoms with Gasteiger partial charge in [0.2, 0.25) is 0 Å². The SMILES string of the molecule is CC=CCOP(=O)(O)CCCCCCCC. The largest absolute Gasteiger partial charge is 0.328 e. The van der Waals surface area contributed by atoms with Gasteiger partial charge in [-0.15, -0.1) is 0 Å². The van der Waals surface area contributed by atoms with E-state index in [4.69, 9.17) is 4.52 Å². The van der Waals surface area contributed by atoms with Gasteiger partial charge in [0, 0.05) is 6.16 Å². The molecule has 3 nitrogen and oxygen atoms in total. The number of unbranched alkanes of at least 4 members (excludes halogenated alkanes) is 5. The van der Waals surface area contributed by atoms with Crippen LogP contribution in [0, 0.1) is 0 Å². The van der Waals surface area contributed by atoms with Crippen LogP contribution in [0.4, 0.5) is 0 Å². The highest BCUT2D eigenvalue weighted by molar-refractivity contribution is 7.52. The second-order valence-corrected chi connectivity index (χ2v) is 5.97. The van der Waals surface area contributed by atoms with E-state index in [-0.39, 0.29) is 12.8 Å². The Kier molecular flexibility index (Phi) is 10.0. The molecule has 0 rings (SSSR count). The van der Waals surface area contributed by atoms with Crippen molar-refractivity contribution in [3.8, 4) is 0 Å². The summed E-state index contributed by atoms with van der Waals surface area (Å²) in [5.41, 5.74) is 0. The van der Waals surface area contributed by atoms with Crippen LogP contribution in [0.25, 0.3) is 0 Å². The van der Waals surface area contributed by atoms with Gasteiger partial charge in [0.1, 0.15) is 0 Å². The van der Waals surface area contributed by atoms with Crippen LogP contribution in [0.3, 0.4) is 0 Å². The Balaban J connectivity index is 3.46. The van der Waals surface area contributed by atoms with Gasteiger partial charge in [-0.2, -0.15) is 0 Å². The third kappa shape index (κ3) is 10.4. The topological polar surface area (TPSA) is 46.5 Å². The van der Waals surface area contributed by atoms with Crippen molar-refractivity contribution in [3.63, 3.8) is 0 Å². The summed E-state index contributed by atoms with van der Waals surface area (Å²) in [6, 6.07) is 0. The summed E-state index contributed by atoms with van der Waals surface area (Å²) in [7, 11) is -3.33. The first-order valence-electron chi connectivity index (χ1n) is 6.20.